The second-order valence-electron chi connectivity index (χ2n) is 4.91. The largest absolute Gasteiger partial charge is 0.494 e. The van der Waals surface area contributed by atoms with Crippen molar-refractivity contribution in [1.29, 1.82) is 0 Å². The molecule has 1 aliphatic heterocycles. The van der Waals surface area contributed by atoms with Gasteiger partial charge in [-0.15, -0.1) is 0 Å². The summed E-state index contributed by atoms with van der Waals surface area (Å²) in [5.74, 6) is 0.531. The van der Waals surface area contributed by atoms with E-state index in [4.69, 9.17) is 4.74 Å². The van der Waals surface area contributed by atoms with Crippen molar-refractivity contribution in [2.75, 3.05) is 25.0 Å². The van der Waals surface area contributed by atoms with Gasteiger partial charge >= 0.3 is 0 Å². The average molecular weight is 279 g/mol. The van der Waals surface area contributed by atoms with Gasteiger partial charge in [0.15, 0.2) is 0 Å². The Hall–Kier alpha value is -1.82. The van der Waals surface area contributed by atoms with E-state index in [1.54, 1.807) is 12.1 Å². The summed E-state index contributed by atoms with van der Waals surface area (Å²) in [6.45, 7) is 4.24. The highest BCUT2D eigenvalue weighted by molar-refractivity contribution is 5.56. The van der Waals surface area contributed by atoms with Gasteiger partial charge in [0.2, 0.25) is 0 Å². The molecule has 0 spiro atoms. The Labute approximate surface area is 118 Å². The molecule has 1 saturated heterocycles. The van der Waals surface area contributed by atoms with E-state index in [9.17, 15) is 10.1 Å². The van der Waals surface area contributed by atoms with Crippen LogP contribution in [0.25, 0.3) is 0 Å². The van der Waals surface area contributed by atoms with Crippen molar-refractivity contribution in [3.05, 3.63) is 28.3 Å². The fourth-order valence-corrected chi connectivity index (χ4v) is 2.43. The van der Waals surface area contributed by atoms with Crippen molar-refractivity contribution in [3.63, 3.8) is 0 Å². The molecule has 6 nitrogen and oxygen atoms in total. The number of nitrogens with one attached hydrogen (secondary N) is 2. The van der Waals surface area contributed by atoms with Crippen LogP contribution in [0.15, 0.2) is 18.2 Å². The number of nitro groups is 1. The fraction of sp³-hybridized carbons (Fsp3) is 0.571. The first-order valence-electron chi connectivity index (χ1n) is 7.08. The molecule has 0 saturated carbocycles. The Morgan fingerprint density at radius 1 is 1.50 bits per heavy atom. The van der Waals surface area contributed by atoms with Crippen LogP contribution in [-0.2, 0) is 0 Å². The molecule has 1 atom stereocenters. The zero-order valence-corrected chi connectivity index (χ0v) is 11.7. The molecule has 0 amide bonds. The molecule has 1 aromatic carbocycles. The first-order chi connectivity index (χ1) is 9.69. The maximum absolute atomic E-state index is 10.9. The molecule has 0 aliphatic carbocycles. The number of nitro benzene ring substituents is 1. The molecule has 1 aromatic rings. The quantitative estimate of drug-likeness (QED) is 0.592. The third kappa shape index (κ3) is 4.09. The molecule has 1 unspecified atom stereocenters. The average Bonchev–Trinajstić information content (AvgIpc) is 2.92. The first kappa shape index (κ1) is 14.6. The van der Waals surface area contributed by atoms with Gasteiger partial charge in [-0.05, 0) is 32.7 Å². The smallest absolute Gasteiger partial charge is 0.275 e. The van der Waals surface area contributed by atoms with Crippen LogP contribution in [0.3, 0.4) is 0 Å². The van der Waals surface area contributed by atoms with E-state index in [0.29, 0.717) is 18.4 Å². The minimum Gasteiger partial charge on any atom is -0.494 e. The number of hydrogen-bond acceptors (Lipinski definition) is 5. The lowest BCUT2D eigenvalue weighted by atomic mass is 10.1. The summed E-state index contributed by atoms with van der Waals surface area (Å²) < 4.78 is 5.36. The summed E-state index contributed by atoms with van der Waals surface area (Å²) in [5, 5.41) is 17.6. The second kappa shape index (κ2) is 7.09. The van der Waals surface area contributed by atoms with Crippen LogP contribution < -0.4 is 15.4 Å². The molecule has 6 heteroatoms. The normalized spacial score (nSPS) is 17.9. The van der Waals surface area contributed by atoms with Crippen molar-refractivity contribution >= 4 is 11.4 Å². The van der Waals surface area contributed by atoms with Crippen molar-refractivity contribution in [3.8, 4) is 5.75 Å². The number of hydrogen-bond donors (Lipinski definition) is 2. The van der Waals surface area contributed by atoms with E-state index in [0.717, 1.165) is 25.2 Å². The molecule has 1 aliphatic rings. The first-order valence-corrected chi connectivity index (χ1v) is 7.08. The number of nitrogens with zero attached hydrogens (tertiary/aromatic N) is 1. The van der Waals surface area contributed by atoms with Gasteiger partial charge in [-0.25, -0.2) is 0 Å². The molecular formula is C14H21N3O3. The summed E-state index contributed by atoms with van der Waals surface area (Å²) in [7, 11) is 0. The Kier molecular flexibility index (Phi) is 5.17. The van der Waals surface area contributed by atoms with Gasteiger partial charge in [0.05, 0.1) is 17.6 Å². The van der Waals surface area contributed by atoms with E-state index in [1.165, 1.54) is 18.9 Å². The number of non-ortho nitro benzene ring substituents is 1. The fourth-order valence-electron chi connectivity index (χ4n) is 2.43. The molecule has 2 N–H and O–H groups in total. The van der Waals surface area contributed by atoms with Crippen LogP contribution in [0.2, 0.25) is 0 Å². The van der Waals surface area contributed by atoms with Gasteiger partial charge in [-0.2, -0.15) is 0 Å². The van der Waals surface area contributed by atoms with Crippen molar-refractivity contribution in [2.45, 2.75) is 32.2 Å². The third-order valence-electron chi connectivity index (χ3n) is 3.40. The number of ether oxygens (including phenoxy) is 1. The van der Waals surface area contributed by atoms with Crippen molar-refractivity contribution < 1.29 is 9.66 Å². The highest BCUT2D eigenvalue weighted by Crippen LogP contribution is 2.26. The van der Waals surface area contributed by atoms with Crippen LogP contribution >= 0.6 is 0 Å². The Balaban J connectivity index is 1.96. The SMILES string of the molecule is CCOc1cc(NCCC2CCCN2)cc([N+](=O)[O-])c1. The molecule has 110 valence electrons. The lowest BCUT2D eigenvalue weighted by Gasteiger charge is -2.12. The lowest BCUT2D eigenvalue weighted by Crippen LogP contribution is -2.24. The van der Waals surface area contributed by atoms with Gasteiger partial charge in [0, 0.05) is 30.4 Å². The number of anilines is 1. The minimum atomic E-state index is -0.397. The molecule has 0 bridgehead atoms. The summed E-state index contributed by atoms with van der Waals surface area (Å²) in [6, 6.07) is 5.36. The molecule has 1 heterocycles. The van der Waals surface area contributed by atoms with Crippen molar-refractivity contribution in [1.82, 2.24) is 5.32 Å². The van der Waals surface area contributed by atoms with Crippen LogP contribution in [-0.4, -0.2) is 30.7 Å². The van der Waals surface area contributed by atoms with E-state index in [1.807, 2.05) is 6.92 Å². The molecule has 0 aromatic heterocycles. The standard InChI is InChI=1S/C14H21N3O3/c1-2-20-14-9-12(8-13(10-14)17(18)19)16-7-5-11-4-3-6-15-11/h8-11,15-16H,2-7H2,1H3. The molecule has 0 radical (unpaired) electrons. The van der Waals surface area contributed by atoms with Gasteiger partial charge in [0.1, 0.15) is 5.75 Å². The molecule has 1 fully saturated rings. The van der Waals surface area contributed by atoms with Crippen LogP contribution in [0.5, 0.6) is 5.75 Å². The predicted octanol–water partition coefficient (Wildman–Crippen LogP) is 2.55. The van der Waals surface area contributed by atoms with Crippen LogP contribution in [0.4, 0.5) is 11.4 Å². The lowest BCUT2D eigenvalue weighted by molar-refractivity contribution is -0.384. The van der Waals surface area contributed by atoms with E-state index < -0.39 is 4.92 Å². The van der Waals surface area contributed by atoms with Crippen molar-refractivity contribution in [2.24, 2.45) is 0 Å². The zero-order chi connectivity index (χ0) is 14.4. The molecule has 20 heavy (non-hydrogen) atoms. The molecule has 2 rings (SSSR count). The zero-order valence-electron chi connectivity index (χ0n) is 11.7. The van der Waals surface area contributed by atoms with E-state index >= 15 is 0 Å². The van der Waals surface area contributed by atoms with Gasteiger partial charge in [-0.3, -0.25) is 10.1 Å². The minimum absolute atomic E-state index is 0.0532. The van der Waals surface area contributed by atoms with E-state index in [-0.39, 0.29) is 5.69 Å². The van der Waals surface area contributed by atoms with Crippen LogP contribution in [0.1, 0.15) is 26.2 Å². The molecular weight excluding hydrogens is 258 g/mol. The summed E-state index contributed by atoms with van der Waals surface area (Å²) in [5.41, 5.74) is 0.790. The highest BCUT2D eigenvalue weighted by Gasteiger charge is 2.14. The van der Waals surface area contributed by atoms with Crippen LogP contribution in [0, 0.1) is 10.1 Å². The number of rotatable bonds is 7. The Morgan fingerprint density at radius 3 is 3.00 bits per heavy atom. The predicted molar refractivity (Wildman–Crippen MR) is 78.4 cm³/mol. The number of benzene rings is 1. The Morgan fingerprint density at radius 2 is 2.35 bits per heavy atom. The third-order valence-corrected chi connectivity index (χ3v) is 3.40. The summed E-state index contributed by atoms with van der Waals surface area (Å²) >= 11 is 0. The Bertz CT molecular complexity index is 459. The van der Waals surface area contributed by atoms with Gasteiger partial charge in [0.25, 0.3) is 5.69 Å². The maximum Gasteiger partial charge on any atom is 0.275 e. The summed E-state index contributed by atoms with van der Waals surface area (Å²) in [4.78, 5) is 10.5. The van der Waals surface area contributed by atoms with Gasteiger partial charge < -0.3 is 15.4 Å². The monoisotopic (exact) mass is 279 g/mol. The maximum atomic E-state index is 10.9. The second-order valence-corrected chi connectivity index (χ2v) is 4.91. The summed E-state index contributed by atoms with van der Waals surface area (Å²) in [6.07, 6.45) is 3.46. The highest BCUT2D eigenvalue weighted by atomic mass is 16.6. The van der Waals surface area contributed by atoms with Gasteiger partial charge in [-0.1, -0.05) is 0 Å². The van der Waals surface area contributed by atoms with E-state index in [2.05, 4.69) is 10.6 Å². The topological polar surface area (TPSA) is 76.4 Å².